The lowest BCUT2D eigenvalue weighted by Crippen LogP contribution is -2.27. The van der Waals surface area contributed by atoms with Crippen molar-refractivity contribution in [2.45, 2.75) is 39.2 Å². The SMILES string of the molecule is Cc1cc(C)cc(NC(=O)[C@H](OC(=O)c2c3c(nc4ccccc24)/C(=C/c2ccco2)CCC3)c2ccccc2)c1. The molecule has 41 heavy (non-hydrogen) atoms. The Kier molecular flexibility index (Phi) is 7.21. The molecule has 1 atom stereocenters. The van der Waals surface area contributed by atoms with Crippen molar-refractivity contribution in [3.8, 4) is 0 Å². The Morgan fingerprint density at radius 3 is 2.44 bits per heavy atom. The van der Waals surface area contributed by atoms with Gasteiger partial charge in [-0.1, -0.05) is 54.6 Å². The minimum atomic E-state index is -1.14. The van der Waals surface area contributed by atoms with Gasteiger partial charge < -0.3 is 14.5 Å². The van der Waals surface area contributed by atoms with E-state index in [1.807, 2.05) is 92.7 Å². The Labute approximate surface area is 238 Å². The molecule has 0 bridgehead atoms. The molecule has 1 aliphatic carbocycles. The fourth-order valence-electron chi connectivity index (χ4n) is 5.57. The molecule has 6 nitrogen and oxygen atoms in total. The molecule has 0 radical (unpaired) electrons. The molecule has 6 heteroatoms. The highest BCUT2D eigenvalue weighted by atomic mass is 16.5. The molecule has 0 saturated carbocycles. The second-order valence-corrected chi connectivity index (χ2v) is 10.4. The van der Waals surface area contributed by atoms with Crippen LogP contribution in [0.3, 0.4) is 0 Å². The van der Waals surface area contributed by atoms with Gasteiger partial charge in [0.2, 0.25) is 6.10 Å². The van der Waals surface area contributed by atoms with E-state index >= 15 is 0 Å². The van der Waals surface area contributed by atoms with Crippen LogP contribution in [0.15, 0.2) is 95.6 Å². The zero-order chi connectivity index (χ0) is 28.3. The van der Waals surface area contributed by atoms with Crippen LogP contribution >= 0.6 is 0 Å². The number of carbonyl (C=O) groups is 2. The van der Waals surface area contributed by atoms with Gasteiger partial charge in [-0.2, -0.15) is 0 Å². The third kappa shape index (κ3) is 5.54. The number of furan rings is 1. The fourth-order valence-corrected chi connectivity index (χ4v) is 5.57. The Balaban J connectivity index is 1.41. The van der Waals surface area contributed by atoms with Crippen molar-refractivity contribution in [3.05, 3.63) is 130 Å². The normalized spacial score (nSPS) is 14.4. The number of aryl methyl sites for hydroxylation is 2. The molecule has 2 aromatic heterocycles. The van der Waals surface area contributed by atoms with Crippen molar-refractivity contribution in [3.63, 3.8) is 0 Å². The molecule has 204 valence electrons. The number of anilines is 1. The van der Waals surface area contributed by atoms with Crippen LogP contribution in [-0.2, 0) is 16.0 Å². The van der Waals surface area contributed by atoms with Crippen molar-refractivity contribution in [2.24, 2.45) is 0 Å². The summed E-state index contributed by atoms with van der Waals surface area (Å²) in [4.78, 5) is 32.8. The molecule has 1 amide bonds. The minimum absolute atomic E-state index is 0.416. The van der Waals surface area contributed by atoms with E-state index in [-0.39, 0.29) is 0 Å². The number of para-hydroxylation sites is 1. The summed E-state index contributed by atoms with van der Waals surface area (Å²) in [5.74, 6) is -0.233. The maximum absolute atomic E-state index is 14.1. The monoisotopic (exact) mass is 542 g/mol. The fraction of sp³-hybridized carbons (Fsp3) is 0.171. The summed E-state index contributed by atoms with van der Waals surface area (Å²) in [5, 5.41) is 3.67. The summed E-state index contributed by atoms with van der Waals surface area (Å²) < 4.78 is 11.7. The van der Waals surface area contributed by atoms with Crippen LogP contribution in [-0.4, -0.2) is 16.9 Å². The van der Waals surface area contributed by atoms with Gasteiger partial charge in [-0.3, -0.25) is 4.79 Å². The predicted octanol–water partition coefficient (Wildman–Crippen LogP) is 7.86. The number of allylic oxidation sites excluding steroid dienone is 1. The van der Waals surface area contributed by atoms with Crippen molar-refractivity contribution in [2.75, 3.05) is 5.32 Å². The number of hydrogen-bond donors (Lipinski definition) is 1. The number of carbonyl (C=O) groups excluding carboxylic acids is 2. The Bertz CT molecular complexity index is 1750. The number of ether oxygens (including phenoxy) is 1. The third-order valence-electron chi connectivity index (χ3n) is 7.29. The first-order chi connectivity index (χ1) is 20.0. The molecule has 5 aromatic rings. The van der Waals surface area contributed by atoms with E-state index in [2.05, 4.69) is 5.32 Å². The number of amides is 1. The van der Waals surface area contributed by atoms with E-state index in [1.165, 1.54) is 0 Å². The van der Waals surface area contributed by atoms with Gasteiger partial charge in [-0.25, -0.2) is 9.78 Å². The molecule has 0 aliphatic heterocycles. The van der Waals surface area contributed by atoms with Crippen LogP contribution in [0.5, 0.6) is 0 Å². The topological polar surface area (TPSA) is 81.4 Å². The van der Waals surface area contributed by atoms with Crippen LogP contribution < -0.4 is 5.32 Å². The average molecular weight is 543 g/mol. The number of rotatable bonds is 6. The third-order valence-corrected chi connectivity index (χ3v) is 7.29. The van der Waals surface area contributed by atoms with Crippen molar-refractivity contribution in [1.82, 2.24) is 4.98 Å². The Morgan fingerprint density at radius 2 is 1.68 bits per heavy atom. The lowest BCUT2D eigenvalue weighted by molar-refractivity contribution is -0.125. The maximum Gasteiger partial charge on any atom is 0.340 e. The second kappa shape index (κ2) is 11.3. The van der Waals surface area contributed by atoms with Crippen LogP contribution in [0, 0.1) is 13.8 Å². The number of hydrogen-bond acceptors (Lipinski definition) is 5. The number of aromatic nitrogens is 1. The van der Waals surface area contributed by atoms with Crippen LogP contribution in [0.2, 0.25) is 0 Å². The molecule has 1 N–H and O–H groups in total. The van der Waals surface area contributed by atoms with E-state index in [4.69, 9.17) is 14.1 Å². The molecular weight excluding hydrogens is 512 g/mol. The molecule has 0 spiro atoms. The smallest absolute Gasteiger partial charge is 0.340 e. The summed E-state index contributed by atoms with van der Waals surface area (Å²) in [6.45, 7) is 3.95. The van der Waals surface area contributed by atoms with Crippen molar-refractivity contribution >= 4 is 40.1 Å². The van der Waals surface area contributed by atoms with E-state index in [0.717, 1.165) is 46.6 Å². The summed E-state index contributed by atoms with van der Waals surface area (Å²) in [6.07, 6.45) is 4.83. The van der Waals surface area contributed by atoms with Gasteiger partial charge in [0.15, 0.2) is 0 Å². The van der Waals surface area contributed by atoms with Gasteiger partial charge in [0.25, 0.3) is 5.91 Å². The van der Waals surface area contributed by atoms with Crippen LogP contribution in [0.1, 0.15) is 63.0 Å². The van der Waals surface area contributed by atoms with Crippen molar-refractivity contribution in [1.29, 1.82) is 0 Å². The number of nitrogens with zero attached hydrogens (tertiary/aromatic N) is 1. The molecule has 2 heterocycles. The molecule has 0 saturated heterocycles. The molecule has 3 aromatic carbocycles. The number of fused-ring (bicyclic) bond motifs is 2. The highest BCUT2D eigenvalue weighted by Crippen LogP contribution is 2.37. The Hall–Kier alpha value is -4.97. The first-order valence-electron chi connectivity index (χ1n) is 13.8. The standard InChI is InChI=1S/C35H30N2O4/c1-22-18-23(2)20-26(19-22)36-34(38)33(24-10-4-3-5-11-24)41-35(39)31-28-14-6-7-16-30(28)37-32-25(12-8-15-29(31)32)21-27-13-9-17-40-27/h3-7,9-11,13-14,16-21,33H,8,12,15H2,1-2H3,(H,36,38)/b25-21+/t33-/m1/s1. The first kappa shape index (κ1) is 26.3. The van der Waals surface area contributed by atoms with Gasteiger partial charge in [0.1, 0.15) is 5.76 Å². The van der Waals surface area contributed by atoms with Crippen molar-refractivity contribution < 1.29 is 18.7 Å². The summed E-state index contributed by atoms with van der Waals surface area (Å²) in [6, 6.07) is 26.3. The Morgan fingerprint density at radius 1 is 0.927 bits per heavy atom. The maximum atomic E-state index is 14.1. The van der Waals surface area contributed by atoms with E-state index < -0.39 is 18.0 Å². The van der Waals surface area contributed by atoms with Crippen LogP contribution in [0.25, 0.3) is 22.6 Å². The molecular formula is C35H30N2O4. The second-order valence-electron chi connectivity index (χ2n) is 10.4. The zero-order valence-electron chi connectivity index (χ0n) is 23.0. The number of nitrogens with one attached hydrogen (secondary N) is 1. The summed E-state index contributed by atoms with van der Waals surface area (Å²) >= 11 is 0. The minimum Gasteiger partial charge on any atom is -0.465 e. The zero-order valence-corrected chi connectivity index (χ0v) is 23.0. The van der Waals surface area contributed by atoms with Gasteiger partial charge in [-0.15, -0.1) is 0 Å². The van der Waals surface area contributed by atoms with Gasteiger partial charge in [0, 0.05) is 16.6 Å². The number of esters is 1. The number of benzene rings is 3. The van der Waals surface area contributed by atoms with Gasteiger partial charge in [0.05, 0.1) is 23.0 Å². The highest BCUT2D eigenvalue weighted by Gasteiger charge is 2.31. The molecule has 0 fully saturated rings. The predicted molar refractivity (Wildman–Crippen MR) is 160 cm³/mol. The lowest BCUT2D eigenvalue weighted by atomic mass is 9.86. The van der Waals surface area contributed by atoms with Crippen LogP contribution in [0.4, 0.5) is 5.69 Å². The van der Waals surface area contributed by atoms with E-state index in [9.17, 15) is 9.59 Å². The average Bonchev–Trinajstić information content (AvgIpc) is 3.48. The van der Waals surface area contributed by atoms with Gasteiger partial charge in [-0.05, 0) is 91.8 Å². The van der Waals surface area contributed by atoms with Gasteiger partial charge >= 0.3 is 5.97 Å². The molecule has 1 aliphatic rings. The molecule has 0 unspecified atom stereocenters. The first-order valence-corrected chi connectivity index (χ1v) is 13.8. The quantitative estimate of drug-likeness (QED) is 0.221. The summed E-state index contributed by atoms with van der Waals surface area (Å²) in [5.41, 5.74) is 7.07. The summed E-state index contributed by atoms with van der Waals surface area (Å²) in [7, 11) is 0. The molecule has 6 rings (SSSR count). The lowest BCUT2D eigenvalue weighted by Gasteiger charge is -2.24. The van der Waals surface area contributed by atoms with E-state index in [0.29, 0.717) is 34.1 Å². The largest absolute Gasteiger partial charge is 0.465 e. The van der Waals surface area contributed by atoms with E-state index in [1.54, 1.807) is 18.4 Å². The highest BCUT2D eigenvalue weighted by molar-refractivity contribution is 6.08. The number of pyridine rings is 1.